The number of likely N-dealkylation sites (N-methyl/N-ethyl adjacent to an activating group) is 1. The van der Waals surface area contributed by atoms with Gasteiger partial charge in [0.15, 0.2) is 0 Å². The third kappa shape index (κ3) is 4.26. The maximum Gasteiger partial charge on any atom is 0.236 e. The summed E-state index contributed by atoms with van der Waals surface area (Å²) >= 11 is 12.1. The molecule has 0 saturated heterocycles. The van der Waals surface area contributed by atoms with Crippen molar-refractivity contribution < 1.29 is 9.59 Å². The van der Waals surface area contributed by atoms with Crippen molar-refractivity contribution in [3.05, 3.63) is 27.7 Å². The molecule has 1 unspecified atom stereocenters. The second kappa shape index (κ2) is 8.15. The third-order valence-electron chi connectivity index (χ3n) is 3.91. The van der Waals surface area contributed by atoms with Crippen molar-refractivity contribution in [1.29, 1.82) is 0 Å². The fourth-order valence-corrected chi connectivity index (χ4v) is 3.30. The van der Waals surface area contributed by atoms with E-state index in [-0.39, 0.29) is 18.4 Å². The van der Waals surface area contributed by atoms with Crippen LogP contribution >= 0.6 is 23.2 Å². The number of benzene rings is 1. The van der Waals surface area contributed by atoms with Crippen molar-refractivity contribution in [1.82, 2.24) is 10.2 Å². The Labute approximate surface area is 149 Å². The second-order valence-corrected chi connectivity index (χ2v) is 7.43. The van der Waals surface area contributed by atoms with Crippen LogP contribution in [-0.4, -0.2) is 53.6 Å². The Morgan fingerprint density at radius 3 is 2.74 bits per heavy atom. The Balaban J connectivity index is 2.21. The maximum absolute atomic E-state index is 12.3. The van der Waals surface area contributed by atoms with Gasteiger partial charge in [0, 0.05) is 29.0 Å². The monoisotopic (exact) mass is 373 g/mol. The van der Waals surface area contributed by atoms with Crippen molar-refractivity contribution in [2.24, 2.45) is 0 Å². The Morgan fingerprint density at radius 1 is 1.39 bits per heavy atom. The molecule has 2 rings (SSSR count). The summed E-state index contributed by atoms with van der Waals surface area (Å²) in [6, 6.07) is 4.50. The number of anilines is 1. The Bertz CT molecular complexity index is 613. The van der Waals surface area contributed by atoms with Crippen LogP contribution in [0.25, 0.3) is 0 Å². The number of hydrogen-bond acceptors (Lipinski definition) is 3. The van der Waals surface area contributed by atoms with Crippen LogP contribution in [0.5, 0.6) is 0 Å². The summed E-state index contributed by atoms with van der Waals surface area (Å²) in [7, 11) is 2.85. The average Bonchev–Trinajstić information content (AvgIpc) is 2.79. The first-order valence-corrected chi connectivity index (χ1v) is 9.87. The molecule has 1 atom stereocenters. The summed E-state index contributed by atoms with van der Waals surface area (Å²) in [5, 5.41) is 6.52. The molecule has 0 saturated carbocycles. The Kier molecular flexibility index (Phi) is 6.47. The summed E-state index contributed by atoms with van der Waals surface area (Å²) in [6.07, 6.45) is 0.963. The quantitative estimate of drug-likeness (QED) is 0.707. The van der Waals surface area contributed by atoms with E-state index in [4.69, 9.17) is 23.2 Å². The van der Waals surface area contributed by atoms with E-state index in [1.807, 2.05) is 0 Å². The number of nitrogens with zero attached hydrogens (tertiary/aromatic N) is 1. The topological polar surface area (TPSA) is 61.4 Å². The van der Waals surface area contributed by atoms with Crippen LogP contribution in [0.2, 0.25) is 16.1 Å². The molecule has 1 heterocycles. The predicted octanol–water partition coefficient (Wildman–Crippen LogP) is 1.25. The lowest BCUT2D eigenvalue weighted by Crippen LogP contribution is -2.41. The van der Waals surface area contributed by atoms with Crippen LogP contribution < -0.4 is 10.6 Å². The zero-order chi connectivity index (χ0) is 17.0. The molecule has 2 N–H and O–H groups in total. The highest BCUT2D eigenvalue weighted by molar-refractivity contribution is 6.42. The minimum Gasteiger partial charge on any atom is -0.340 e. The normalized spacial score (nSPS) is 16.3. The molecule has 23 heavy (non-hydrogen) atoms. The van der Waals surface area contributed by atoms with E-state index in [9.17, 15) is 9.59 Å². The van der Waals surface area contributed by atoms with E-state index in [1.165, 1.54) is 0 Å². The molecular formula is C15H21Cl2N3O2Si. The van der Waals surface area contributed by atoms with Crippen molar-refractivity contribution in [3.8, 4) is 0 Å². The number of hydrogen-bond donors (Lipinski definition) is 2. The summed E-state index contributed by atoms with van der Waals surface area (Å²) in [5.41, 5.74) is 1.48. The van der Waals surface area contributed by atoms with Crippen molar-refractivity contribution in [2.75, 3.05) is 32.0 Å². The lowest BCUT2D eigenvalue weighted by molar-refractivity contribution is -0.131. The van der Waals surface area contributed by atoms with Gasteiger partial charge in [-0.3, -0.25) is 9.59 Å². The van der Waals surface area contributed by atoms with E-state index in [0.29, 0.717) is 28.8 Å². The number of fused-ring (bicyclic) bond motifs is 1. The average molecular weight is 374 g/mol. The van der Waals surface area contributed by atoms with Gasteiger partial charge in [-0.2, -0.15) is 0 Å². The number of amides is 2. The van der Waals surface area contributed by atoms with E-state index >= 15 is 0 Å². The van der Waals surface area contributed by atoms with Crippen LogP contribution in [0.1, 0.15) is 17.9 Å². The summed E-state index contributed by atoms with van der Waals surface area (Å²) in [4.78, 5) is 26.3. The minimum absolute atomic E-state index is 0.00364. The highest BCUT2D eigenvalue weighted by Crippen LogP contribution is 2.38. The molecule has 0 aromatic heterocycles. The van der Waals surface area contributed by atoms with Gasteiger partial charge in [0.25, 0.3) is 0 Å². The van der Waals surface area contributed by atoms with E-state index < -0.39 is 5.92 Å². The molecule has 0 spiro atoms. The highest BCUT2D eigenvalue weighted by Gasteiger charge is 2.33. The lowest BCUT2D eigenvalue weighted by Gasteiger charge is -2.25. The summed E-state index contributed by atoms with van der Waals surface area (Å²) in [6.45, 7) is 1.30. The maximum atomic E-state index is 12.3. The van der Waals surface area contributed by atoms with Gasteiger partial charge >= 0.3 is 0 Å². The summed E-state index contributed by atoms with van der Waals surface area (Å²) in [5.74, 6) is -0.523. The molecule has 1 aliphatic heterocycles. The Hall–Kier alpha value is -1.08. The first kappa shape index (κ1) is 18.3. The number of halogens is 2. The van der Waals surface area contributed by atoms with E-state index in [0.717, 1.165) is 28.3 Å². The number of carbonyl (C=O) groups is 2. The van der Waals surface area contributed by atoms with Gasteiger partial charge < -0.3 is 15.5 Å². The van der Waals surface area contributed by atoms with Crippen LogP contribution in [0, 0.1) is 0 Å². The summed E-state index contributed by atoms with van der Waals surface area (Å²) < 4.78 is 0. The van der Waals surface area contributed by atoms with Gasteiger partial charge in [0.1, 0.15) is 0 Å². The fourth-order valence-electron chi connectivity index (χ4n) is 2.65. The van der Waals surface area contributed by atoms with Gasteiger partial charge in [-0.05, 0) is 31.2 Å². The SMILES string of the molecule is CNCC(=O)N(CCC[SiH3])CC1C(=O)Nc2cc(Cl)c(Cl)cc21. The molecule has 8 heteroatoms. The molecule has 1 aromatic carbocycles. The largest absolute Gasteiger partial charge is 0.340 e. The molecule has 0 bridgehead atoms. The third-order valence-corrected chi connectivity index (χ3v) is 5.34. The van der Waals surface area contributed by atoms with Crippen LogP contribution in [0.3, 0.4) is 0 Å². The van der Waals surface area contributed by atoms with Crippen LogP contribution in [0.4, 0.5) is 5.69 Å². The highest BCUT2D eigenvalue weighted by atomic mass is 35.5. The van der Waals surface area contributed by atoms with Crippen molar-refractivity contribution >= 4 is 50.9 Å². The second-order valence-electron chi connectivity index (χ2n) is 5.62. The van der Waals surface area contributed by atoms with Gasteiger partial charge in [0.2, 0.25) is 11.8 Å². The minimum atomic E-state index is -0.408. The zero-order valence-electron chi connectivity index (χ0n) is 13.3. The molecule has 1 aromatic rings. The van der Waals surface area contributed by atoms with Crippen LogP contribution in [-0.2, 0) is 9.59 Å². The molecule has 5 nitrogen and oxygen atoms in total. The Morgan fingerprint density at radius 2 is 2.09 bits per heavy atom. The molecule has 0 fully saturated rings. The fraction of sp³-hybridized carbons (Fsp3) is 0.467. The smallest absolute Gasteiger partial charge is 0.236 e. The number of nitrogens with one attached hydrogen (secondary N) is 2. The van der Waals surface area contributed by atoms with Crippen molar-refractivity contribution in [2.45, 2.75) is 18.4 Å². The molecular weight excluding hydrogens is 353 g/mol. The first-order valence-electron chi connectivity index (χ1n) is 7.70. The van der Waals surface area contributed by atoms with Gasteiger partial charge in [-0.15, -0.1) is 0 Å². The van der Waals surface area contributed by atoms with E-state index in [2.05, 4.69) is 10.6 Å². The zero-order valence-corrected chi connectivity index (χ0v) is 16.8. The number of carbonyl (C=O) groups excluding carboxylic acids is 2. The number of rotatable bonds is 7. The molecule has 0 radical (unpaired) electrons. The predicted molar refractivity (Wildman–Crippen MR) is 97.7 cm³/mol. The van der Waals surface area contributed by atoms with E-state index in [1.54, 1.807) is 24.1 Å². The first-order chi connectivity index (χ1) is 11.0. The standard InChI is InChI=1S/C15H21Cl2N3O2Si/c1-18-7-14(21)20(3-2-4-23)8-10-9-5-11(16)12(17)6-13(9)19-15(10)22/h5-6,10,18H,2-4,7-8H2,1,23H3,(H,19,22). The molecule has 126 valence electrons. The van der Waals surface area contributed by atoms with Crippen molar-refractivity contribution in [3.63, 3.8) is 0 Å². The lowest BCUT2D eigenvalue weighted by atomic mass is 10.00. The van der Waals surface area contributed by atoms with Crippen LogP contribution in [0.15, 0.2) is 12.1 Å². The molecule has 0 aliphatic carbocycles. The molecule has 1 aliphatic rings. The van der Waals surface area contributed by atoms with Gasteiger partial charge in [0.05, 0.1) is 22.5 Å². The van der Waals surface area contributed by atoms with Gasteiger partial charge in [-0.25, -0.2) is 0 Å². The van der Waals surface area contributed by atoms with Gasteiger partial charge in [-0.1, -0.05) is 29.2 Å². The molecule has 2 amide bonds.